The summed E-state index contributed by atoms with van der Waals surface area (Å²) in [6.07, 6.45) is 3.16. The minimum atomic E-state index is -0.101. The maximum absolute atomic E-state index is 13.0. The Morgan fingerprint density at radius 1 is 1.40 bits per heavy atom. The lowest BCUT2D eigenvalue weighted by atomic mass is 9.99. The topological polar surface area (TPSA) is 59.2 Å². The van der Waals surface area contributed by atoms with Gasteiger partial charge in [0.25, 0.3) is 5.91 Å². The zero-order chi connectivity index (χ0) is 14.1. The SMILES string of the molecule is CN(C(=O)c1ccc2nonc2c1)C1CC=C(F)CC1. The van der Waals surface area contributed by atoms with Crippen LogP contribution in [-0.4, -0.2) is 34.2 Å². The molecule has 0 N–H and O–H groups in total. The average Bonchev–Trinajstić information content (AvgIpc) is 2.94. The van der Waals surface area contributed by atoms with E-state index < -0.39 is 0 Å². The van der Waals surface area contributed by atoms with Crippen molar-refractivity contribution >= 4 is 16.9 Å². The minimum absolute atomic E-state index is 0.0353. The second-order valence-electron chi connectivity index (χ2n) is 4.96. The second kappa shape index (κ2) is 5.03. The molecule has 6 heteroatoms. The largest absolute Gasteiger partial charge is 0.338 e. The van der Waals surface area contributed by atoms with E-state index >= 15 is 0 Å². The summed E-state index contributed by atoms with van der Waals surface area (Å²) in [5, 5.41) is 7.43. The second-order valence-corrected chi connectivity index (χ2v) is 4.96. The Morgan fingerprint density at radius 3 is 2.95 bits per heavy atom. The molecule has 1 aliphatic carbocycles. The maximum Gasteiger partial charge on any atom is 0.253 e. The Hall–Kier alpha value is -2.24. The lowest BCUT2D eigenvalue weighted by Crippen LogP contribution is -2.37. The molecule has 0 fully saturated rings. The molecular weight excluding hydrogens is 261 g/mol. The first-order valence-corrected chi connectivity index (χ1v) is 6.49. The number of hydrogen-bond donors (Lipinski definition) is 0. The number of nitrogens with zero attached hydrogens (tertiary/aromatic N) is 3. The standard InChI is InChI=1S/C14H14FN3O2/c1-18(11-5-3-10(15)4-6-11)14(19)9-2-7-12-13(8-9)17-20-16-12/h2-3,7-8,11H,4-6H2,1H3. The first-order chi connectivity index (χ1) is 9.65. The van der Waals surface area contributed by atoms with E-state index in [0.29, 0.717) is 35.9 Å². The number of carbonyl (C=O) groups is 1. The molecule has 0 saturated heterocycles. The fourth-order valence-corrected chi connectivity index (χ4v) is 2.42. The molecule has 5 nitrogen and oxygen atoms in total. The van der Waals surface area contributed by atoms with Crippen molar-refractivity contribution in [2.45, 2.75) is 25.3 Å². The van der Waals surface area contributed by atoms with Crippen LogP contribution in [0, 0.1) is 0 Å². The van der Waals surface area contributed by atoms with Crippen LogP contribution in [0.15, 0.2) is 34.7 Å². The van der Waals surface area contributed by atoms with E-state index in [1.54, 1.807) is 36.2 Å². The Kier molecular flexibility index (Phi) is 3.22. The lowest BCUT2D eigenvalue weighted by Gasteiger charge is -2.29. The molecular formula is C14H14FN3O2. The normalized spacial score (nSPS) is 18.9. The van der Waals surface area contributed by atoms with Gasteiger partial charge in [-0.25, -0.2) is 9.02 Å². The number of allylic oxidation sites excluding steroid dienone is 1. The van der Waals surface area contributed by atoms with E-state index in [0.717, 1.165) is 0 Å². The van der Waals surface area contributed by atoms with Gasteiger partial charge in [-0.2, -0.15) is 0 Å². The van der Waals surface area contributed by atoms with Gasteiger partial charge in [0, 0.05) is 25.1 Å². The lowest BCUT2D eigenvalue weighted by molar-refractivity contribution is 0.0719. The van der Waals surface area contributed by atoms with Crippen LogP contribution in [0.25, 0.3) is 11.0 Å². The summed E-state index contributed by atoms with van der Waals surface area (Å²) in [6.45, 7) is 0. The molecule has 1 heterocycles. The summed E-state index contributed by atoms with van der Waals surface area (Å²) in [6, 6.07) is 5.09. The Balaban J connectivity index is 1.80. The van der Waals surface area contributed by atoms with Crippen molar-refractivity contribution in [3.05, 3.63) is 35.7 Å². The van der Waals surface area contributed by atoms with Gasteiger partial charge in [0.2, 0.25) is 0 Å². The highest BCUT2D eigenvalue weighted by Crippen LogP contribution is 2.24. The fourth-order valence-electron chi connectivity index (χ4n) is 2.42. The predicted molar refractivity (Wildman–Crippen MR) is 70.7 cm³/mol. The molecule has 104 valence electrons. The molecule has 1 unspecified atom stereocenters. The molecule has 0 saturated carbocycles. The van der Waals surface area contributed by atoms with Gasteiger partial charge < -0.3 is 4.90 Å². The number of benzene rings is 1. The third-order valence-electron chi connectivity index (χ3n) is 3.70. The van der Waals surface area contributed by atoms with Crippen molar-refractivity contribution in [1.82, 2.24) is 15.2 Å². The summed E-state index contributed by atoms with van der Waals surface area (Å²) in [7, 11) is 1.75. The van der Waals surface area contributed by atoms with E-state index in [1.165, 1.54) is 0 Å². The Labute approximate surface area is 115 Å². The molecule has 0 radical (unpaired) electrons. The zero-order valence-corrected chi connectivity index (χ0v) is 11.0. The molecule has 2 aromatic rings. The van der Waals surface area contributed by atoms with Crippen molar-refractivity contribution in [2.75, 3.05) is 7.05 Å². The van der Waals surface area contributed by atoms with Crippen molar-refractivity contribution in [3.8, 4) is 0 Å². The van der Waals surface area contributed by atoms with E-state index in [4.69, 9.17) is 0 Å². The van der Waals surface area contributed by atoms with E-state index in [-0.39, 0.29) is 17.8 Å². The molecule has 1 amide bonds. The van der Waals surface area contributed by atoms with Crippen LogP contribution in [0.1, 0.15) is 29.6 Å². The van der Waals surface area contributed by atoms with Crippen molar-refractivity contribution < 1.29 is 13.8 Å². The highest BCUT2D eigenvalue weighted by atomic mass is 19.1. The molecule has 1 aliphatic rings. The number of hydrogen-bond acceptors (Lipinski definition) is 4. The van der Waals surface area contributed by atoms with Crippen molar-refractivity contribution in [3.63, 3.8) is 0 Å². The van der Waals surface area contributed by atoms with Gasteiger partial charge in [-0.05, 0) is 41.4 Å². The van der Waals surface area contributed by atoms with Gasteiger partial charge in [-0.3, -0.25) is 4.79 Å². The number of rotatable bonds is 2. The molecule has 0 spiro atoms. The molecule has 1 aromatic heterocycles. The third kappa shape index (κ3) is 2.29. The highest BCUT2D eigenvalue weighted by Gasteiger charge is 2.23. The third-order valence-corrected chi connectivity index (χ3v) is 3.70. The molecule has 0 aliphatic heterocycles. The molecule has 1 aromatic carbocycles. The maximum atomic E-state index is 13.0. The van der Waals surface area contributed by atoms with Gasteiger partial charge >= 0.3 is 0 Å². The summed E-state index contributed by atoms with van der Waals surface area (Å²) >= 11 is 0. The van der Waals surface area contributed by atoms with Crippen molar-refractivity contribution in [1.29, 1.82) is 0 Å². The minimum Gasteiger partial charge on any atom is -0.338 e. The van der Waals surface area contributed by atoms with Crippen LogP contribution in [0.3, 0.4) is 0 Å². The zero-order valence-electron chi connectivity index (χ0n) is 11.0. The summed E-state index contributed by atoms with van der Waals surface area (Å²) in [5.74, 6) is -0.187. The molecule has 3 rings (SSSR count). The number of amides is 1. The number of fused-ring (bicyclic) bond motifs is 1. The highest BCUT2D eigenvalue weighted by molar-refractivity contribution is 5.97. The number of aromatic nitrogens is 2. The molecule has 1 atom stereocenters. The van der Waals surface area contributed by atoms with Gasteiger partial charge in [0.1, 0.15) is 11.0 Å². The molecule has 0 bridgehead atoms. The van der Waals surface area contributed by atoms with Gasteiger partial charge in [-0.1, -0.05) is 6.08 Å². The first kappa shape index (κ1) is 12.8. The predicted octanol–water partition coefficient (Wildman–Crippen LogP) is 2.70. The van der Waals surface area contributed by atoms with Crippen LogP contribution in [-0.2, 0) is 0 Å². The summed E-state index contributed by atoms with van der Waals surface area (Å²) in [5.41, 5.74) is 1.71. The smallest absolute Gasteiger partial charge is 0.253 e. The Bertz CT molecular complexity index is 680. The van der Waals surface area contributed by atoms with Gasteiger partial charge in [-0.15, -0.1) is 0 Å². The number of halogens is 1. The van der Waals surface area contributed by atoms with E-state index in [1.807, 2.05) is 0 Å². The van der Waals surface area contributed by atoms with Crippen LogP contribution < -0.4 is 0 Å². The van der Waals surface area contributed by atoms with Crippen molar-refractivity contribution in [2.24, 2.45) is 0 Å². The van der Waals surface area contributed by atoms with E-state index in [9.17, 15) is 9.18 Å². The Morgan fingerprint density at radius 2 is 2.20 bits per heavy atom. The van der Waals surface area contributed by atoms with Crippen LogP contribution in [0.2, 0.25) is 0 Å². The summed E-state index contributed by atoms with van der Waals surface area (Å²) in [4.78, 5) is 14.1. The van der Waals surface area contributed by atoms with Gasteiger partial charge in [0.05, 0.1) is 5.83 Å². The van der Waals surface area contributed by atoms with Crippen LogP contribution >= 0.6 is 0 Å². The fraction of sp³-hybridized carbons (Fsp3) is 0.357. The molecule has 20 heavy (non-hydrogen) atoms. The van der Waals surface area contributed by atoms with Crippen LogP contribution in [0.4, 0.5) is 4.39 Å². The van der Waals surface area contributed by atoms with Crippen LogP contribution in [0.5, 0.6) is 0 Å². The average molecular weight is 275 g/mol. The summed E-state index contributed by atoms with van der Waals surface area (Å²) < 4.78 is 17.6. The number of carbonyl (C=O) groups excluding carboxylic acids is 1. The monoisotopic (exact) mass is 275 g/mol. The first-order valence-electron chi connectivity index (χ1n) is 6.49. The quantitative estimate of drug-likeness (QED) is 0.845. The van der Waals surface area contributed by atoms with E-state index in [2.05, 4.69) is 14.9 Å². The van der Waals surface area contributed by atoms with Gasteiger partial charge in [0.15, 0.2) is 0 Å².